The molecule has 0 aromatic heterocycles. The minimum absolute atomic E-state index is 0.216. The van der Waals surface area contributed by atoms with Crippen molar-refractivity contribution in [2.24, 2.45) is 0 Å². The molecule has 0 aliphatic carbocycles. The number of hydrogen-bond acceptors (Lipinski definition) is 1. The Balaban J connectivity index is 2.40. The Bertz CT molecular complexity index is 823. The van der Waals surface area contributed by atoms with E-state index in [2.05, 4.69) is 11.9 Å². The summed E-state index contributed by atoms with van der Waals surface area (Å²) in [5.41, 5.74) is 2.48. The van der Waals surface area contributed by atoms with Gasteiger partial charge in [-0.1, -0.05) is 59.1 Å². The highest BCUT2D eigenvalue weighted by Gasteiger charge is 2.06. The van der Waals surface area contributed by atoms with E-state index in [0.29, 0.717) is 21.6 Å². The van der Waals surface area contributed by atoms with E-state index in [1.54, 1.807) is 36.4 Å². The van der Waals surface area contributed by atoms with E-state index in [1.165, 1.54) is 6.08 Å². The van der Waals surface area contributed by atoms with E-state index in [9.17, 15) is 4.79 Å². The Morgan fingerprint density at radius 1 is 1.00 bits per heavy atom. The number of allylic oxidation sites excluding steroid dienone is 2. The predicted octanol–water partition coefficient (Wildman–Crippen LogP) is 6.05. The molecule has 0 radical (unpaired) electrons. The van der Waals surface area contributed by atoms with Gasteiger partial charge in [0.15, 0.2) is 0 Å². The predicted molar refractivity (Wildman–Crippen MR) is 108 cm³/mol. The number of benzene rings is 2. The zero-order valence-electron chi connectivity index (χ0n) is 13.3. The molecule has 0 saturated carbocycles. The van der Waals surface area contributed by atoms with E-state index in [4.69, 9.17) is 34.8 Å². The van der Waals surface area contributed by atoms with Crippen molar-refractivity contribution in [1.29, 1.82) is 0 Å². The van der Waals surface area contributed by atoms with Gasteiger partial charge in [0.25, 0.3) is 0 Å². The number of carbonyl (C=O) groups is 1. The Morgan fingerprint density at radius 3 is 2.32 bits per heavy atom. The summed E-state index contributed by atoms with van der Waals surface area (Å²) in [7, 11) is 0. The average Bonchev–Trinajstić information content (AvgIpc) is 2.59. The van der Waals surface area contributed by atoms with Crippen LogP contribution in [0.1, 0.15) is 11.1 Å². The van der Waals surface area contributed by atoms with Gasteiger partial charge >= 0.3 is 0 Å². The first-order chi connectivity index (χ1) is 12.0. The fraction of sp³-hybridized carbons (Fsp3) is 0.0500. The molecule has 0 aliphatic rings. The standard InChI is InChI=1S/C20H16Cl3NO/c1-2-11-24-20(25)10-5-15(12-14-3-6-16(21)7-4-14)18-9-8-17(22)13-19(18)23/h2-10,12-13H,1,11H2,(H,24,25)/b10-5+,15-12-. The van der Waals surface area contributed by atoms with Crippen LogP contribution in [0, 0.1) is 0 Å². The van der Waals surface area contributed by atoms with Gasteiger partial charge in [0.1, 0.15) is 0 Å². The Kier molecular flexibility index (Phi) is 7.32. The topological polar surface area (TPSA) is 29.1 Å². The highest BCUT2D eigenvalue weighted by atomic mass is 35.5. The van der Waals surface area contributed by atoms with Crippen molar-refractivity contribution in [3.63, 3.8) is 0 Å². The molecule has 1 N–H and O–H groups in total. The van der Waals surface area contributed by atoms with Crippen LogP contribution in [0.2, 0.25) is 15.1 Å². The third-order valence-electron chi connectivity index (χ3n) is 3.27. The molecule has 2 nitrogen and oxygen atoms in total. The molecule has 2 rings (SSSR count). The highest BCUT2D eigenvalue weighted by Crippen LogP contribution is 2.29. The van der Waals surface area contributed by atoms with E-state index in [0.717, 1.165) is 16.7 Å². The van der Waals surface area contributed by atoms with Crippen LogP contribution in [0.3, 0.4) is 0 Å². The van der Waals surface area contributed by atoms with Gasteiger partial charge in [0, 0.05) is 33.3 Å². The van der Waals surface area contributed by atoms with Crippen molar-refractivity contribution in [3.8, 4) is 0 Å². The second kappa shape index (κ2) is 9.47. The molecule has 0 atom stereocenters. The van der Waals surface area contributed by atoms with Crippen molar-refractivity contribution in [3.05, 3.63) is 93.5 Å². The number of halogens is 3. The van der Waals surface area contributed by atoms with Crippen LogP contribution in [-0.2, 0) is 4.79 Å². The molecule has 0 saturated heterocycles. The number of rotatable bonds is 6. The maximum atomic E-state index is 11.8. The lowest BCUT2D eigenvalue weighted by atomic mass is 10.0. The first-order valence-electron chi connectivity index (χ1n) is 7.49. The molecule has 25 heavy (non-hydrogen) atoms. The minimum atomic E-state index is -0.216. The summed E-state index contributed by atoms with van der Waals surface area (Å²) in [6.45, 7) is 3.97. The van der Waals surface area contributed by atoms with Crippen LogP contribution in [0.4, 0.5) is 0 Å². The quantitative estimate of drug-likeness (QED) is 0.276. The molecule has 1 amide bonds. The second-order valence-corrected chi connectivity index (χ2v) is 6.42. The van der Waals surface area contributed by atoms with Crippen molar-refractivity contribution < 1.29 is 4.79 Å². The third-order valence-corrected chi connectivity index (χ3v) is 4.07. The average molecular weight is 393 g/mol. The molecule has 2 aromatic carbocycles. The number of carbonyl (C=O) groups excluding carboxylic acids is 1. The molecule has 0 fully saturated rings. The fourth-order valence-corrected chi connectivity index (χ4v) is 2.72. The van der Waals surface area contributed by atoms with Crippen molar-refractivity contribution >= 4 is 52.4 Å². The first kappa shape index (κ1) is 19.3. The van der Waals surface area contributed by atoms with Gasteiger partial charge in [0.05, 0.1) is 0 Å². The molecule has 0 aliphatic heterocycles. The smallest absolute Gasteiger partial charge is 0.244 e. The molecule has 2 aromatic rings. The lowest BCUT2D eigenvalue weighted by molar-refractivity contribution is -0.116. The molecular formula is C20H16Cl3NO. The zero-order chi connectivity index (χ0) is 18.2. The molecule has 0 unspecified atom stereocenters. The normalized spacial score (nSPS) is 11.6. The molecular weight excluding hydrogens is 377 g/mol. The summed E-state index contributed by atoms with van der Waals surface area (Å²) in [5, 5.41) is 4.40. The minimum Gasteiger partial charge on any atom is -0.349 e. The summed E-state index contributed by atoms with van der Waals surface area (Å²) < 4.78 is 0. The Morgan fingerprint density at radius 2 is 1.68 bits per heavy atom. The van der Waals surface area contributed by atoms with Crippen LogP contribution >= 0.6 is 34.8 Å². The Labute approximate surface area is 162 Å². The van der Waals surface area contributed by atoms with Gasteiger partial charge < -0.3 is 5.32 Å². The largest absolute Gasteiger partial charge is 0.349 e. The van der Waals surface area contributed by atoms with E-state index in [-0.39, 0.29) is 5.91 Å². The van der Waals surface area contributed by atoms with Crippen molar-refractivity contribution in [2.45, 2.75) is 0 Å². The van der Waals surface area contributed by atoms with Crippen LogP contribution in [-0.4, -0.2) is 12.5 Å². The SMILES string of the molecule is C=CCNC(=O)/C=C/C(=C/c1ccc(Cl)cc1)c1ccc(Cl)cc1Cl. The van der Waals surface area contributed by atoms with Gasteiger partial charge in [0.2, 0.25) is 5.91 Å². The van der Waals surface area contributed by atoms with Crippen molar-refractivity contribution in [1.82, 2.24) is 5.32 Å². The monoisotopic (exact) mass is 391 g/mol. The van der Waals surface area contributed by atoms with Crippen LogP contribution in [0.25, 0.3) is 11.6 Å². The summed E-state index contributed by atoms with van der Waals surface area (Å²) in [4.78, 5) is 11.8. The molecule has 128 valence electrons. The molecule has 0 bridgehead atoms. The summed E-state index contributed by atoms with van der Waals surface area (Å²) >= 11 is 18.2. The second-order valence-electron chi connectivity index (χ2n) is 5.14. The van der Waals surface area contributed by atoms with E-state index >= 15 is 0 Å². The first-order valence-corrected chi connectivity index (χ1v) is 8.62. The lowest BCUT2D eigenvalue weighted by Crippen LogP contribution is -2.20. The van der Waals surface area contributed by atoms with Crippen molar-refractivity contribution in [2.75, 3.05) is 6.54 Å². The van der Waals surface area contributed by atoms with Crippen LogP contribution in [0.15, 0.2) is 67.3 Å². The Hall–Kier alpha value is -2.00. The summed E-state index contributed by atoms with van der Waals surface area (Å²) in [6.07, 6.45) is 6.70. The van der Waals surface area contributed by atoms with E-state index < -0.39 is 0 Å². The third kappa shape index (κ3) is 6.09. The highest BCUT2D eigenvalue weighted by molar-refractivity contribution is 6.36. The molecule has 5 heteroatoms. The number of nitrogens with one attached hydrogen (secondary N) is 1. The lowest BCUT2D eigenvalue weighted by Gasteiger charge is -2.07. The molecule has 0 spiro atoms. The van der Waals surface area contributed by atoms with Gasteiger partial charge in [-0.05, 0) is 47.6 Å². The maximum absolute atomic E-state index is 11.8. The van der Waals surface area contributed by atoms with Gasteiger partial charge in [-0.25, -0.2) is 0 Å². The summed E-state index contributed by atoms with van der Waals surface area (Å²) in [5.74, 6) is -0.216. The molecule has 0 heterocycles. The van der Waals surface area contributed by atoms with Gasteiger partial charge in [-0.2, -0.15) is 0 Å². The fourth-order valence-electron chi connectivity index (χ4n) is 2.07. The number of amides is 1. The van der Waals surface area contributed by atoms with Crippen LogP contribution in [0.5, 0.6) is 0 Å². The van der Waals surface area contributed by atoms with Crippen LogP contribution < -0.4 is 5.32 Å². The maximum Gasteiger partial charge on any atom is 0.244 e. The van der Waals surface area contributed by atoms with Gasteiger partial charge in [-0.15, -0.1) is 6.58 Å². The number of hydrogen-bond donors (Lipinski definition) is 1. The summed E-state index contributed by atoms with van der Waals surface area (Å²) in [6, 6.07) is 12.6. The van der Waals surface area contributed by atoms with E-state index in [1.807, 2.05) is 24.3 Å². The van der Waals surface area contributed by atoms with Gasteiger partial charge in [-0.3, -0.25) is 4.79 Å². The zero-order valence-corrected chi connectivity index (χ0v) is 15.6.